The molecule has 0 aromatic rings. The van der Waals surface area contributed by atoms with E-state index in [1.54, 1.807) is 0 Å². The smallest absolute Gasteiger partial charge is 0.394 e. The van der Waals surface area contributed by atoms with E-state index in [4.69, 9.17) is 5.11 Å². The molecule has 7 nitrogen and oxygen atoms in total. The number of aliphatic hydroxyl groups excluding tert-OH is 1. The minimum atomic E-state index is -6.94. The Morgan fingerprint density at radius 2 is 0.786 bits per heavy atom. The molecule has 254 valence electrons. The summed E-state index contributed by atoms with van der Waals surface area (Å²) >= 11 is 4.07. The normalized spacial score (nSPS) is 14.1. The zero-order valence-electron chi connectivity index (χ0n) is 22.2. The van der Waals surface area contributed by atoms with Gasteiger partial charge in [0.25, 0.3) is 0 Å². The highest BCUT2D eigenvalue weighted by Crippen LogP contribution is 2.48. The van der Waals surface area contributed by atoms with Gasteiger partial charge in [0.05, 0.1) is 26.4 Å². The Hall–Kier alpha value is -0.770. The van der Waals surface area contributed by atoms with Gasteiger partial charge in [0.1, 0.15) is 13.2 Å². The van der Waals surface area contributed by atoms with Crippen LogP contribution < -0.4 is 0 Å². The fourth-order valence-electron chi connectivity index (χ4n) is 2.88. The predicted octanol–water partition coefficient (Wildman–Crippen LogP) is 6.69. The van der Waals surface area contributed by atoms with E-state index < -0.39 is 76.3 Å². The van der Waals surface area contributed by atoms with E-state index >= 15 is 0 Å². The Balaban J connectivity index is 4.81. The zero-order chi connectivity index (χ0) is 32.6. The number of halogens is 12. The number of hydrogen-bond acceptors (Lipinski definition) is 8. The summed E-state index contributed by atoms with van der Waals surface area (Å²) in [7, 11) is 0. The Morgan fingerprint density at radius 3 is 1.21 bits per heavy atom. The molecule has 0 aromatic heterocycles. The molecule has 0 aliphatic carbocycles. The minimum Gasteiger partial charge on any atom is -0.394 e. The molecule has 0 radical (unpaired) electrons. The summed E-state index contributed by atoms with van der Waals surface area (Å²) in [5.74, 6) is 0.767. The molecule has 1 N–H and O–H groups in total. The molecule has 0 rings (SSSR count). The maximum Gasteiger partial charge on any atom is 0.453 e. The van der Waals surface area contributed by atoms with Crippen LogP contribution >= 0.6 is 12.6 Å². The van der Waals surface area contributed by atoms with E-state index in [-0.39, 0.29) is 13.0 Å². The van der Waals surface area contributed by atoms with E-state index in [0.29, 0.717) is 12.8 Å². The molecule has 20 heteroatoms. The largest absolute Gasteiger partial charge is 0.453 e. The Labute approximate surface area is 239 Å². The van der Waals surface area contributed by atoms with Crippen molar-refractivity contribution in [1.82, 2.24) is 0 Å². The van der Waals surface area contributed by atoms with Gasteiger partial charge in [-0.1, -0.05) is 38.5 Å². The topological polar surface area (TPSA) is 75.6 Å². The van der Waals surface area contributed by atoms with Crippen molar-refractivity contribution < 1.29 is 86.2 Å². The van der Waals surface area contributed by atoms with Gasteiger partial charge in [-0.25, -0.2) is 14.2 Å². The van der Waals surface area contributed by atoms with Crippen LogP contribution in [0.5, 0.6) is 0 Å². The van der Waals surface area contributed by atoms with E-state index in [1.807, 2.05) is 4.74 Å². The molecule has 0 amide bonds. The van der Waals surface area contributed by atoms with Crippen LogP contribution in [0.25, 0.3) is 0 Å². The Bertz CT molecular complexity index is 721. The van der Waals surface area contributed by atoms with Gasteiger partial charge in [-0.05, 0) is 18.6 Å². The highest BCUT2D eigenvalue weighted by Gasteiger charge is 2.74. The van der Waals surface area contributed by atoms with Gasteiger partial charge in [-0.2, -0.15) is 65.3 Å². The van der Waals surface area contributed by atoms with E-state index in [1.165, 1.54) is 0 Å². The highest BCUT2D eigenvalue weighted by atomic mass is 32.1. The van der Waals surface area contributed by atoms with Crippen molar-refractivity contribution in [2.24, 2.45) is 0 Å². The number of thiol groups is 1. The molecular weight excluding hydrogens is 636 g/mol. The average Bonchev–Trinajstić information content (AvgIpc) is 2.82. The molecule has 42 heavy (non-hydrogen) atoms. The molecule has 0 saturated carbocycles. The van der Waals surface area contributed by atoms with E-state index in [0.717, 1.165) is 37.9 Å². The molecule has 0 spiro atoms. The van der Waals surface area contributed by atoms with Crippen LogP contribution in [0.4, 0.5) is 52.7 Å². The van der Waals surface area contributed by atoms with Crippen molar-refractivity contribution in [3.05, 3.63) is 0 Å². The second-order valence-electron chi connectivity index (χ2n) is 8.64. The summed E-state index contributed by atoms with van der Waals surface area (Å²) in [4.78, 5) is 0. The molecule has 0 aliphatic heterocycles. The van der Waals surface area contributed by atoms with Crippen LogP contribution in [0.15, 0.2) is 0 Å². The molecular formula is C22H34F12O7S. The fourth-order valence-corrected chi connectivity index (χ4v) is 3.10. The molecule has 0 fully saturated rings. The summed E-state index contributed by atoms with van der Waals surface area (Å²) in [5.41, 5.74) is 0. The predicted molar refractivity (Wildman–Crippen MR) is 123 cm³/mol. The number of ether oxygens (including phenoxy) is 6. The van der Waals surface area contributed by atoms with Crippen molar-refractivity contribution in [2.45, 2.75) is 88.0 Å². The van der Waals surface area contributed by atoms with Gasteiger partial charge in [0, 0.05) is 6.61 Å². The second kappa shape index (κ2) is 18.9. The Morgan fingerprint density at radius 1 is 0.429 bits per heavy atom. The Kier molecular flexibility index (Phi) is 18.6. The minimum absolute atomic E-state index is 0.177. The lowest BCUT2D eigenvalue weighted by atomic mass is 10.1. The monoisotopic (exact) mass is 670 g/mol. The van der Waals surface area contributed by atoms with Crippen LogP contribution in [-0.4, -0.2) is 93.8 Å². The first kappa shape index (κ1) is 41.2. The maximum atomic E-state index is 13.6. The van der Waals surface area contributed by atoms with Gasteiger partial charge in [-0.15, -0.1) is 0 Å². The lowest BCUT2D eigenvalue weighted by Crippen LogP contribution is -2.58. The first-order valence-corrected chi connectivity index (χ1v) is 13.2. The second-order valence-corrected chi connectivity index (χ2v) is 9.09. The third-order valence-corrected chi connectivity index (χ3v) is 5.15. The van der Waals surface area contributed by atoms with E-state index in [9.17, 15) is 52.7 Å². The standard InChI is InChI=1S/C22H34F12O7S/c23-17(24,15-37-10-7-5-3-1-2-4-6-8-14-42)39-19(27,28)21(31,32)41-22(33,34)20(29,30)40-18(25,26)16-38-13-12-36-11-9-35/h35,42H,1-16H2. The third-order valence-electron chi connectivity index (χ3n) is 4.83. The lowest BCUT2D eigenvalue weighted by molar-refractivity contribution is -0.558. The van der Waals surface area contributed by atoms with Crippen LogP contribution in [-0.2, 0) is 28.4 Å². The third kappa shape index (κ3) is 16.9. The molecule has 0 bridgehead atoms. The highest BCUT2D eigenvalue weighted by molar-refractivity contribution is 7.80. The van der Waals surface area contributed by atoms with Crippen LogP contribution in [0.1, 0.15) is 51.4 Å². The van der Waals surface area contributed by atoms with Crippen molar-refractivity contribution in [2.75, 3.05) is 52.0 Å². The summed E-state index contributed by atoms with van der Waals surface area (Å²) in [6, 6.07) is 0. The molecule has 0 aliphatic rings. The van der Waals surface area contributed by atoms with Gasteiger partial charge in [-0.3, -0.25) is 0 Å². The molecule has 0 saturated heterocycles. The zero-order valence-corrected chi connectivity index (χ0v) is 23.1. The van der Waals surface area contributed by atoms with Crippen LogP contribution in [0.3, 0.4) is 0 Å². The maximum absolute atomic E-state index is 13.6. The number of rotatable bonds is 27. The summed E-state index contributed by atoms with van der Waals surface area (Å²) in [5, 5.41) is 8.41. The van der Waals surface area contributed by atoms with Gasteiger partial charge in [0.2, 0.25) is 0 Å². The first-order chi connectivity index (χ1) is 19.2. The van der Waals surface area contributed by atoms with Crippen LogP contribution in [0, 0.1) is 0 Å². The number of alkyl halides is 12. The lowest BCUT2D eigenvalue weighted by Gasteiger charge is -2.34. The van der Waals surface area contributed by atoms with Crippen LogP contribution in [0.2, 0.25) is 0 Å². The van der Waals surface area contributed by atoms with Crippen molar-refractivity contribution in [1.29, 1.82) is 0 Å². The van der Waals surface area contributed by atoms with Gasteiger partial charge < -0.3 is 19.3 Å². The van der Waals surface area contributed by atoms with Gasteiger partial charge >= 0.3 is 36.7 Å². The number of unbranched alkanes of at least 4 members (excludes halogenated alkanes) is 7. The summed E-state index contributed by atoms with van der Waals surface area (Å²) in [6.07, 6.45) is -31.8. The molecule has 0 heterocycles. The molecule has 0 aromatic carbocycles. The molecule has 0 unspecified atom stereocenters. The van der Waals surface area contributed by atoms with Crippen molar-refractivity contribution >= 4 is 12.6 Å². The molecule has 0 atom stereocenters. The number of hydrogen-bond donors (Lipinski definition) is 2. The average molecular weight is 671 g/mol. The van der Waals surface area contributed by atoms with Gasteiger partial charge in [0.15, 0.2) is 0 Å². The van der Waals surface area contributed by atoms with Crippen molar-refractivity contribution in [3.8, 4) is 0 Å². The SMILES string of the molecule is OCCOCCOCC(F)(F)OC(F)(F)C(F)(F)OC(F)(F)C(F)(F)OC(F)(F)COCCCCCCCCCCS. The number of aliphatic hydroxyl groups is 1. The van der Waals surface area contributed by atoms with E-state index in [2.05, 4.69) is 36.3 Å². The first-order valence-electron chi connectivity index (χ1n) is 12.6. The summed E-state index contributed by atoms with van der Waals surface area (Å²) in [6.45, 7) is -6.62. The van der Waals surface area contributed by atoms with Crippen molar-refractivity contribution in [3.63, 3.8) is 0 Å². The fraction of sp³-hybridized carbons (Fsp3) is 1.00. The summed E-state index contributed by atoms with van der Waals surface area (Å²) < 4.78 is 183. The quantitative estimate of drug-likeness (QED) is 0.0574.